The average Bonchev–Trinajstić information content (AvgIpc) is 2.42. The van der Waals surface area contributed by atoms with Gasteiger partial charge in [0, 0.05) is 16.5 Å². The molecule has 0 aliphatic heterocycles. The summed E-state index contributed by atoms with van der Waals surface area (Å²) in [4.78, 5) is 0. The smallest absolute Gasteiger partial charge is 0.121 e. The fourth-order valence-electron chi connectivity index (χ4n) is 2.13. The van der Waals surface area contributed by atoms with Gasteiger partial charge in [-0.25, -0.2) is 0 Å². The van der Waals surface area contributed by atoms with Crippen LogP contribution in [0.3, 0.4) is 0 Å². The van der Waals surface area contributed by atoms with Crippen LogP contribution in [-0.4, -0.2) is 12.2 Å². The van der Waals surface area contributed by atoms with Crippen LogP contribution in [0.25, 0.3) is 0 Å². The summed E-state index contributed by atoms with van der Waals surface area (Å²) in [7, 11) is 1.63. The van der Waals surface area contributed by atoms with Crippen molar-refractivity contribution in [2.45, 2.75) is 19.4 Å². The normalized spacial score (nSPS) is 12.2. The molecule has 2 nitrogen and oxygen atoms in total. The van der Waals surface area contributed by atoms with Crippen LogP contribution in [0.5, 0.6) is 5.75 Å². The molecule has 0 heterocycles. The lowest BCUT2D eigenvalue weighted by Gasteiger charge is -2.14. The van der Waals surface area contributed by atoms with Crippen molar-refractivity contribution < 1.29 is 9.84 Å². The van der Waals surface area contributed by atoms with Crippen LogP contribution in [0.1, 0.15) is 22.8 Å². The molecule has 0 aromatic heterocycles. The molecule has 2 rings (SSSR count). The van der Waals surface area contributed by atoms with Crippen molar-refractivity contribution in [3.63, 3.8) is 0 Å². The molecule has 0 radical (unpaired) electrons. The molecule has 1 N–H and O–H groups in total. The second-order valence-electron chi connectivity index (χ2n) is 4.68. The standard InChI is InChI=1S/C16H16Cl2O2/c1-10-7-11(3-6-16(10)20-2)15(19)9-12-8-13(17)4-5-14(12)18/h3-8,15,19H,9H2,1-2H3. The van der Waals surface area contributed by atoms with Gasteiger partial charge in [0.2, 0.25) is 0 Å². The van der Waals surface area contributed by atoms with E-state index in [2.05, 4.69) is 0 Å². The first-order valence-electron chi connectivity index (χ1n) is 6.28. The van der Waals surface area contributed by atoms with Crippen LogP contribution in [0, 0.1) is 6.92 Å². The van der Waals surface area contributed by atoms with Crippen molar-refractivity contribution in [3.8, 4) is 5.75 Å². The molecule has 0 amide bonds. The molecule has 0 fully saturated rings. The Balaban J connectivity index is 2.21. The molecule has 106 valence electrons. The SMILES string of the molecule is COc1ccc(C(O)Cc2cc(Cl)ccc2Cl)cc1C. The first-order valence-corrected chi connectivity index (χ1v) is 7.03. The highest BCUT2D eigenvalue weighted by molar-refractivity contribution is 6.33. The molecule has 0 saturated carbocycles. The topological polar surface area (TPSA) is 29.5 Å². The van der Waals surface area contributed by atoms with Crippen LogP contribution in [-0.2, 0) is 6.42 Å². The predicted molar refractivity (Wildman–Crippen MR) is 82.9 cm³/mol. The Bertz CT molecular complexity index is 611. The van der Waals surface area contributed by atoms with E-state index in [1.165, 1.54) is 0 Å². The predicted octanol–water partition coefficient (Wildman–Crippen LogP) is 4.59. The molecule has 0 saturated heterocycles. The third-order valence-corrected chi connectivity index (χ3v) is 3.83. The minimum Gasteiger partial charge on any atom is -0.496 e. The lowest BCUT2D eigenvalue weighted by atomic mass is 9.99. The number of aliphatic hydroxyl groups excluding tert-OH is 1. The summed E-state index contributed by atoms with van der Waals surface area (Å²) in [5, 5.41) is 11.6. The summed E-state index contributed by atoms with van der Waals surface area (Å²) in [5.74, 6) is 0.807. The molecular weight excluding hydrogens is 295 g/mol. The van der Waals surface area contributed by atoms with Crippen molar-refractivity contribution in [2.24, 2.45) is 0 Å². The molecule has 1 atom stereocenters. The van der Waals surface area contributed by atoms with Crippen LogP contribution < -0.4 is 4.74 Å². The van der Waals surface area contributed by atoms with Gasteiger partial charge >= 0.3 is 0 Å². The van der Waals surface area contributed by atoms with Gasteiger partial charge in [0.15, 0.2) is 0 Å². The molecule has 20 heavy (non-hydrogen) atoms. The lowest BCUT2D eigenvalue weighted by molar-refractivity contribution is 0.178. The van der Waals surface area contributed by atoms with Gasteiger partial charge in [-0.2, -0.15) is 0 Å². The second-order valence-corrected chi connectivity index (χ2v) is 5.53. The fraction of sp³-hybridized carbons (Fsp3) is 0.250. The summed E-state index contributed by atoms with van der Waals surface area (Å²) >= 11 is 12.1. The number of halogens is 2. The van der Waals surface area contributed by atoms with E-state index in [9.17, 15) is 5.11 Å². The van der Waals surface area contributed by atoms with Gasteiger partial charge in [0.1, 0.15) is 5.75 Å². The zero-order chi connectivity index (χ0) is 14.7. The number of ether oxygens (including phenoxy) is 1. The van der Waals surface area contributed by atoms with Crippen molar-refractivity contribution in [3.05, 3.63) is 63.1 Å². The van der Waals surface area contributed by atoms with Crippen LogP contribution in [0.4, 0.5) is 0 Å². The number of aryl methyl sites for hydroxylation is 1. The molecular formula is C16H16Cl2O2. The van der Waals surface area contributed by atoms with Crippen molar-refractivity contribution >= 4 is 23.2 Å². The van der Waals surface area contributed by atoms with E-state index >= 15 is 0 Å². The first-order chi connectivity index (χ1) is 9.51. The van der Waals surface area contributed by atoms with Gasteiger partial charge in [-0.1, -0.05) is 29.3 Å². The number of aliphatic hydroxyl groups is 1. The van der Waals surface area contributed by atoms with Crippen molar-refractivity contribution in [1.29, 1.82) is 0 Å². The summed E-state index contributed by atoms with van der Waals surface area (Å²) in [5.41, 5.74) is 2.65. The minimum atomic E-state index is -0.629. The Hall–Kier alpha value is -1.22. The Kier molecular flexibility index (Phi) is 4.92. The summed E-state index contributed by atoms with van der Waals surface area (Å²) in [6, 6.07) is 10.9. The maximum atomic E-state index is 10.3. The van der Waals surface area contributed by atoms with Gasteiger partial charge in [0.05, 0.1) is 13.2 Å². The zero-order valence-corrected chi connectivity index (χ0v) is 12.9. The Morgan fingerprint density at radius 1 is 1.15 bits per heavy atom. The highest BCUT2D eigenvalue weighted by atomic mass is 35.5. The third-order valence-electron chi connectivity index (χ3n) is 3.22. The Labute approximate surface area is 128 Å². The summed E-state index contributed by atoms with van der Waals surface area (Å²) in [6.07, 6.45) is -0.207. The van der Waals surface area contributed by atoms with Crippen molar-refractivity contribution in [1.82, 2.24) is 0 Å². The highest BCUT2D eigenvalue weighted by Gasteiger charge is 2.12. The molecule has 4 heteroatoms. The maximum absolute atomic E-state index is 10.3. The summed E-state index contributed by atoms with van der Waals surface area (Å²) in [6.45, 7) is 1.95. The van der Waals surface area contributed by atoms with E-state index in [0.29, 0.717) is 16.5 Å². The number of methoxy groups -OCH3 is 1. The van der Waals surface area contributed by atoms with Gasteiger partial charge in [-0.15, -0.1) is 0 Å². The minimum absolute atomic E-state index is 0.422. The number of hydrogen-bond acceptors (Lipinski definition) is 2. The average molecular weight is 311 g/mol. The van der Waals surface area contributed by atoms with E-state index in [-0.39, 0.29) is 0 Å². The lowest BCUT2D eigenvalue weighted by Crippen LogP contribution is -2.03. The number of benzene rings is 2. The molecule has 1 unspecified atom stereocenters. The third kappa shape index (κ3) is 3.45. The Morgan fingerprint density at radius 2 is 1.90 bits per heavy atom. The second kappa shape index (κ2) is 6.49. The molecule has 0 bridgehead atoms. The zero-order valence-electron chi connectivity index (χ0n) is 11.4. The van der Waals surface area contributed by atoms with Crippen molar-refractivity contribution in [2.75, 3.05) is 7.11 Å². The van der Waals surface area contributed by atoms with Gasteiger partial charge in [-0.05, 0) is 53.9 Å². The van der Waals surface area contributed by atoms with E-state index < -0.39 is 6.10 Å². The van der Waals surface area contributed by atoms with E-state index in [1.54, 1.807) is 25.3 Å². The first kappa shape index (κ1) is 15.2. The van der Waals surface area contributed by atoms with Crippen LogP contribution in [0.15, 0.2) is 36.4 Å². The van der Waals surface area contributed by atoms with Gasteiger partial charge < -0.3 is 9.84 Å². The molecule has 2 aromatic rings. The van der Waals surface area contributed by atoms with E-state index in [0.717, 1.165) is 22.4 Å². The van der Waals surface area contributed by atoms with Crippen LogP contribution >= 0.6 is 23.2 Å². The molecule has 2 aromatic carbocycles. The molecule has 0 aliphatic rings. The quantitative estimate of drug-likeness (QED) is 0.895. The maximum Gasteiger partial charge on any atom is 0.121 e. The number of hydrogen-bond donors (Lipinski definition) is 1. The largest absolute Gasteiger partial charge is 0.496 e. The van der Waals surface area contributed by atoms with E-state index in [4.69, 9.17) is 27.9 Å². The fourth-order valence-corrected chi connectivity index (χ4v) is 2.52. The molecule has 0 aliphatic carbocycles. The summed E-state index contributed by atoms with van der Waals surface area (Å²) < 4.78 is 5.21. The monoisotopic (exact) mass is 310 g/mol. The van der Waals surface area contributed by atoms with Gasteiger partial charge in [0.25, 0.3) is 0 Å². The van der Waals surface area contributed by atoms with Gasteiger partial charge in [-0.3, -0.25) is 0 Å². The molecule has 0 spiro atoms. The number of rotatable bonds is 4. The Morgan fingerprint density at radius 3 is 2.55 bits per heavy atom. The highest BCUT2D eigenvalue weighted by Crippen LogP contribution is 2.28. The van der Waals surface area contributed by atoms with Crippen LogP contribution in [0.2, 0.25) is 10.0 Å². The van der Waals surface area contributed by atoms with E-state index in [1.807, 2.05) is 25.1 Å².